The Morgan fingerprint density at radius 3 is 2.26 bits per heavy atom. The number of nitrogens with two attached hydrogens (primary N) is 1. The van der Waals surface area contributed by atoms with Crippen LogP contribution in [-0.4, -0.2) is 54.3 Å². The van der Waals surface area contributed by atoms with Crippen molar-refractivity contribution in [2.24, 2.45) is 5.73 Å². The third-order valence-electron chi connectivity index (χ3n) is 3.05. The van der Waals surface area contributed by atoms with E-state index in [4.69, 9.17) is 5.73 Å². The molecule has 0 atom stereocenters. The maximum Gasteiger partial charge on any atom is 0.264 e. The predicted octanol–water partition coefficient (Wildman–Crippen LogP) is 0.721. The third kappa shape index (κ3) is 3.68. The zero-order chi connectivity index (χ0) is 13.1. The molecule has 2 heterocycles. The number of rotatable bonds is 2. The van der Waals surface area contributed by atoms with E-state index < -0.39 is 0 Å². The van der Waals surface area contributed by atoms with E-state index in [0.717, 1.165) is 9.75 Å². The minimum Gasteiger partial charge on any atom is -0.338 e. The van der Waals surface area contributed by atoms with Gasteiger partial charge < -0.3 is 15.5 Å². The first-order valence-corrected chi connectivity index (χ1v) is 6.77. The van der Waals surface area contributed by atoms with Gasteiger partial charge in [-0.2, -0.15) is 0 Å². The number of piperazine rings is 1. The highest BCUT2D eigenvalue weighted by atomic mass is 35.5. The fourth-order valence-corrected chi connectivity index (χ4v) is 2.83. The van der Waals surface area contributed by atoms with Crippen LogP contribution in [0, 0.1) is 6.92 Å². The Hall–Kier alpha value is -1.11. The van der Waals surface area contributed by atoms with Gasteiger partial charge in [0, 0.05) is 31.1 Å². The van der Waals surface area contributed by atoms with Crippen molar-refractivity contribution in [2.75, 3.05) is 32.7 Å². The molecule has 2 amide bonds. The van der Waals surface area contributed by atoms with E-state index in [2.05, 4.69) is 0 Å². The van der Waals surface area contributed by atoms with Crippen LogP contribution in [-0.2, 0) is 4.79 Å². The minimum absolute atomic E-state index is 0. The van der Waals surface area contributed by atoms with Crippen molar-refractivity contribution in [3.63, 3.8) is 0 Å². The lowest BCUT2D eigenvalue weighted by atomic mass is 10.3. The number of carbonyl (C=O) groups is 2. The molecule has 1 aliphatic heterocycles. The molecule has 1 fully saturated rings. The monoisotopic (exact) mass is 303 g/mol. The Morgan fingerprint density at radius 2 is 1.79 bits per heavy atom. The summed E-state index contributed by atoms with van der Waals surface area (Å²) in [6.07, 6.45) is 0. The summed E-state index contributed by atoms with van der Waals surface area (Å²) in [6.45, 7) is 4.35. The number of carbonyl (C=O) groups excluding carboxylic acids is 2. The molecule has 0 unspecified atom stereocenters. The molecule has 0 radical (unpaired) electrons. The lowest BCUT2D eigenvalue weighted by Crippen LogP contribution is -2.51. The van der Waals surface area contributed by atoms with Crippen molar-refractivity contribution in [1.82, 2.24) is 9.80 Å². The molecule has 1 aromatic rings. The molecule has 0 spiro atoms. The Morgan fingerprint density at radius 1 is 1.21 bits per heavy atom. The molecule has 7 heteroatoms. The van der Waals surface area contributed by atoms with Gasteiger partial charge in [-0.1, -0.05) is 0 Å². The normalized spacial score (nSPS) is 15.1. The number of thiophene rings is 1. The lowest BCUT2D eigenvalue weighted by molar-refractivity contribution is -0.131. The number of hydrogen-bond donors (Lipinski definition) is 1. The van der Waals surface area contributed by atoms with Gasteiger partial charge in [0.2, 0.25) is 5.91 Å². The number of nitrogens with zero attached hydrogens (tertiary/aromatic N) is 2. The average Bonchev–Trinajstić information content (AvgIpc) is 2.84. The molecule has 0 aliphatic carbocycles. The molecule has 5 nitrogen and oxygen atoms in total. The molecular formula is C12H18ClN3O2S. The first kappa shape index (κ1) is 15.9. The van der Waals surface area contributed by atoms with Crippen LogP contribution >= 0.6 is 23.7 Å². The number of hydrogen-bond acceptors (Lipinski definition) is 4. The maximum absolute atomic E-state index is 12.2. The van der Waals surface area contributed by atoms with Crippen molar-refractivity contribution in [3.8, 4) is 0 Å². The predicted molar refractivity (Wildman–Crippen MR) is 77.8 cm³/mol. The maximum atomic E-state index is 12.2. The highest BCUT2D eigenvalue weighted by molar-refractivity contribution is 7.13. The van der Waals surface area contributed by atoms with Gasteiger partial charge in [-0.25, -0.2) is 0 Å². The van der Waals surface area contributed by atoms with Gasteiger partial charge in [0.05, 0.1) is 11.4 Å². The summed E-state index contributed by atoms with van der Waals surface area (Å²) in [5.74, 6) is 0.0158. The van der Waals surface area contributed by atoms with E-state index >= 15 is 0 Å². The lowest BCUT2D eigenvalue weighted by Gasteiger charge is -2.34. The standard InChI is InChI=1S/C12H17N3O2S.ClH/c1-9-2-3-10(18-9)12(17)15-6-4-14(5-7-15)11(16)8-13;/h2-3H,4-8,13H2,1H3;1H. The topological polar surface area (TPSA) is 66.6 Å². The summed E-state index contributed by atoms with van der Waals surface area (Å²) < 4.78 is 0. The molecule has 0 bridgehead atoms. The van der Waals surface area contributed by atoms with E-state index in [9.17, 15) is 9.59 Å². The van der Waals surface area contributed by atoms with Crippen LogP contribution < -0.4 is 5.73 Å². The zero-order valence-electron chi connectivity index (χ0n) is 10.8. The fourth-order valence-electron chi connectivity index (χ4n) is 1.99. The van der Waals surface area contributed by atoms with Crippen LogP contribution in [0.2, 0.25) is 0 Å². The van der Waals surface area contributed by atoms with Gasteiger partial charge in [0.15, 0.2) is 0 Å². The van der Waals surface area contributed by atoms with E-state index in [1.54, 1.807) is 9.80 Å². The second-order valence-electron chi connectivity index (χ2n) is 4.29. The summed E-state index contributed by atoms with van der Waals surface area (Å²) in [6, 6.07) is 3.81. The van der Waals surface area contributed by atoms with Gasteiger partial charge in [0.25, 0.3) is 5.91 Å². The van der Waals surface area contributed by atoms with Crippen LogP contribution in [0.4, 0.5) is 0 Å². The van der Waals surface area contributed by atoms with Crippen LogP contribution in [0.25, 0.3) is 0 Å². The van der Waals surface area contributed by atoms with Crippen LogP contribution in [0.15, 0.2) is 12.1 Å². The highest BCUT2D eigenvalue weighted by Crippen LogP contribution is 2.18. The molecule has 2 rings (SSSR count). The Kier molecular flexibility index (Phi) is 5.78. The molecule has 1 aromatic heterocycles. The molecular weight excluding hydrogens is 286 g/mol. The molecule has 2 N–H and O–H groups in total. The van der Waals surface area contributed by atoms with Crippen LogP contribution in [0.5, 0.6) is 0 Å². The average molecular weight is 304 g/mol. The van der Waals surface area contributed by atoms with Gasteiger partial charge in [-0.15, -0.1) is 23.7 Å². The Labute approximate surface area is 122 Å². The van der Waals surface area contributed by atoms with Crippen LogP contribution in [0.1, 0.15) is 14.5 Å². The number of aryl methyl sites for hydroxylation is 1. The van der Waals surface area contributed by atoms with E-state index in [0.29, 0.717) is 26.2 Å². The number of halogens is 1. The molecule has 106 valence electrons. The smallest absolute Gasteiger partial charge is 0.264 e. The summed E-state index contributed by atoms with van der Waals surface area (Å²) in [4.78, 5) is 29.0. The van der Waals surface area contributed by atoms with Crippen molar-refractivity contribution in [2.45, 2.75) is 6.92 Å². The Balaban J connectivity index is 0.00000180. The van der Waals surface area contributed by atoms with Crippen molar-refractivity contribution >= 4 is 35.6 Å². The largest absolute Gasteiger partial charge is 0.338 e. The second-order valence-corrected chi connectivity index (χ2v) is 5.58. The van der Waals surface area contributed by atoms with E-state index in [1.807, 2.05) is 19.1 Å². The Bertz CT molecular complexity index is 456. The van der Waals surface area contributed by atoms with Crippen LogP contribution in [0.3, 0.4) is 0 Å². The second kappa shape index (κ2) is 6.88. The van der Waals surface area contributed by atoms with Gasteiger partial charge >= 0.3 is 0 Å². The third-order valence-corrected chi connectivity index (χ3v) is 4.03. The summed E-state index contributed by atoms with van der Waals surface area (Å²) >= 11 is 1.51. The van der Waals surface area contributed by atoms with Gasteiger partial charge in [0.1, 0.15) is 0 Å². The minimum atomic E-state index is -0.0472. The quantitative estimate of drug-likeness (QED) is 0.875. The van der Waals surface area contributed by atoms with Gasteiger partial charge in [-0.3, -0.25) is 9.59 Å². The summed E-state index contributed by atoms with van der Waals surface area (Å²) in [7, 11) is 0. The zero-order valence-corrected chi connectivity index (χ0v) is 12.4. The molecule has 19 heavy (non-hydrogen) atoms. The fraction of sp³-hybridized carbons (Fsp3) is 0.500. The molecule has 1 aliphatic rings. The van der Waals surface area contributed by atoms with Gasteiger partial charge in [-0.05, 0) is 19.1 Å². The van der Waals surface area contributed by atoms with Crippen molar-refractivity contribution in [1.29, 1.82) is 0 Å². The SMILES string of the molecule is Cc1ccc(C(=O)N2CCN(C(=O)CN)CC2)s1.Cl. The highest BCUT2D eigenvalue weighted by Gasteiger charge is 2.24. The van der Waals surface area contributed by atoms with E-state index in [1.165, 1.54) is 11.3 Å². The number of amides is 2. The molecule has 0 saturated carbocycles. The van der Waals surface area contributed by atoms with Crippen molar-refractivity contribution in [3.05, 3.63) is 21.9 Å². The summed E-state index contributed by atoms with van der Waals surface area (Å²) in [5.41, 5.74) is 5.32. The molecule has 1 saturated heterocycles. The first-order valence-electron chi connectivity index (χ1n) is 5.95. The first-order chi connectivity index (χ1) is 8.61. The molecule has 0 aromatic carbocycles. The summed E-state index contributed by atoms with van der Waals surface area (Å²) in [5, 5.41) is 0. The van der Waals surface area contributed by atoms with E-state index in [-0.39, 0.29) is 30.8 Å². The van der Waals surface area contributed by atoms with Crippen molar-refractivity contribution < 1.29 is 9.59 Å².